The Morgan fingerprint density at radius 3 is 2.76 bits per heavy atom. The smallest absolute Gasteiger partial charge is 0.257 e. The van der Waals surface area contributed by atoms with Crippen molar-refractivity contribution in [3.63, 3.8) is 0 Å². The molecule has 0 fully saturated rings. The van der Waals surface area contributed by atoms with E-state index in [1.54, 1.807) is 24.3 Å². The van der Waals surface area contributed by atoms with Gasteiger partial charge in [0, 0.05) is 12.1 Å². The Balaban J connectivity index is 1.90. The van der Waals surface area contributed by atoms with Crippen LogP contribution < -0.4 is 20.5 Å². The van der Waals surface area contributed by atoms with E-state index in [9.17, 15) is 4.79 Å². The normalized spacial score (nSPS) is 12.3. The molecule has 3 N–H and O–H groups in total. The number of amides is 1. The number of nitrogen functional groups attached to an aromatic ring is 1. The van der Waals surface area contributed by atoms with Gasteiger partial charge in [-0.05, 0) is 18.6 Å². The van der Waals surface area contributed by atoms with E-state index in [1.807, 2.05) is 13.0 Å². The highest BCUT2D eigenvalue weighted by molar-refractivity contribution is 6.35. The standard InChI is InChI=1S/C15H13ClN2O3/c1-8-3-2-4-9(14(8)16)15(19)18-11-6-13-12(5-10(11)17)20-7-21-13/h2-6H,7,17H2,1H3,(H,18,19). The lowest BCUT2D eigenvalue weighted by atomic mass is 10.1. The highest BCUT2D eigenvalue weighted by Gasteiger charge is 2.18. The molecule has 0 aromatic heterocycles. The van der Waals surface area contributed by atoms with E-state index in [0.717, 1.165) is 5.56 Å². The van der Waals surface area contributed by atoms with Crippen molar-refractivity contribution in [3.05, 3.63) is 46.5 Å². The Hall–Kier alpha value is -2.40. The summed E-state index contributed by atoms with van der Waals surface area (Å²) in [6.45, 7) is 1.99. The summed E-state index contributed by atoms with van der Waals surface area (Å²) in [6.07, 6.45) is 0. The lowest BCUT2D eigenvalue weighted by Gasteiger charge is -2.11. The molecule has 108 valence electrons. The second-order valence-corrected chi connectivity index (χ2v) is 5.06. The third-order valence-corrected chi connectivity index (χ3v) is 3.73. The van der Waals surface area contributed by atoms with Gasteiger partial charge in [-0.25, -0.2) is 0 Å². The number of aryl methyl sites for hydroxylation is 1. The summed E-state index contributed by atoms with van der Waals surface area (Å²) >= 11 is 6.15. The lowest BCUT2D eigenvalue weighted by molar-refractivity contribution is 0.102. The molecule has 0 atom stereocenters. The fraction of sp³-hybridized carbons (Fsp3) is 0.133. The van der Waals surface area contributed by atoms with Crippen LogP contribution in [-0.4, -0.2) is 12.7 Å². The topological polar surface area (TPSA) is 73.6 Å². The van der Waals surface area contributed by atoms with Crippen molar-refractivity contribution in [2.75, 3.05) is 17.8 Å². The maximum Gasteiger partial charge on any atom is 0.257 e. The number of anilines is 2. The highest BCUT2D eigenvalue weighted by atomic mass is 35.5. The minimum Gasteiger partial charge on any atom is -0.454 e. The molecule has 0 bridgehead atoms. The highest BCUT2D eigenvalue weighted by Crippen LogP contribution is 2.38. The lowest BCUT2D eigenvalue weighted by Crippen LogP contribution is -2.14. The van der Waals surface area contributed by atoms with Crippen LogP contribution in [0.15, 0.2) is 30.3 Å². The summed E-state index contributed by atoms with van der Waals surface area (Å²) in [5.74, 6) is 0.795. The van der Waals surface area contributed by atoms with Crippen molar-refractivity contribution in [3.8, 4) is 11.5 Å². The van der Waals surface area contributed by atoms with E-state index < -0.39 is 0 Å². The number of benzene rings is 2. The number of hydrogen-bond acceptors (Lipinski definition) is 4. The third-order valence-electron chi connectivity index (χ3n) is 3.23. The zero-order valence-corrected chi connectivity index (χ0v) is 12.0. The molecule has 0 aliphatic carbocycles. The number of nitrogens with one attached hydrogen (secondary N) is 1. The summed E-state index contributed by atoms with van der Waals surface area (Å²) in [5.41, 5.74) is 8.00. The Morgan fingerprint density at radius 1 is 1.29 bits per heavy atom. The zero-order valence-electron chi connectivity index (χ0n) is 11.3. The first-order chi connectivity index (χ1) is 10.1. The molecule has 2 aromatic carbocycles. The fourth-order valence-corrected chi connectivity index (χ4v) is 2.29. The predicted octanol–water partition coefficient (Wildman–Crippen LogP) is 3.21. The van der Waals surface area contributed by atoms with Gasteiger partial charge in [-0.3, -0.25) is 4.79 Å². The number of fused-ring (bicyclic) bond motifs is 1. The van der Waals surface area contributed by atoms with E-state index in [0.29, 0.717) is 33.5 Å². The van der Waals surface area contributed by atoms with Gasteiger partial charge >= 0.3 is 0 Å². The van der Waals surface area contributed by atoms with Gasteiger partial charge in [0.1, 0.15) is 0 Å². The van der Waals surface area contributed by atoms with Crippen LogP contribution in [0.2, 0.25) is 5.02 Å². The molecule has 21 heavy (non-hydrogen) atoms. The Bertz CT molecular complexity index is 731. The van der Waals surface area contributed by atoms with Gasteiger partial charge < -0.3 is 20.5 Å². The first kappa shape index (κ1) is 13.6. The van der Waals surface area contributed by atoms with E-state index in [-0.39, 0.29) is 12.7 Å². The molecular formula is C15H13ClN2O3. The first-order valence-corrected chi connectivity index (χ1v) is 6.69. The second-order valence-electron chi connectivity index (χ2n) is 4.68. The largest absolute Gasteiger partial charge is 0.454 e. The van der Waals surface area contributed by atoms with Crippen molar-refractivity contribution < 1.29 is 14.3 Å². The maximum atomic E-state index is 12.3. The van der Waals surface area contributed by atoms with E-state index in [4.69, 9.17) is 26.8 Å². The molecule has 0 spiro atoms. The maximum absolute atomic E-state index is 12.3. The van der Waals surface area contributed by atoms with Crippen LogP contribution in [-0.2, 0) is 0 Å². The minimum atomic E-state index is -0.325. The SMILES string of the molecule is Cc1cccc(C(=O)Nc2cc3c(cc2N)OCO3)c1Cl. The predicted molar refractivity (Wildman–Crippen MR) is 81.1 cm³/mol. The molecular weight excluding hydrogens is 292 g/mol. The number of ether oxygens (including phenoxy) is 2. The van der Waals surface area contributed by atoms with Crippen molar-refractivity contribution in [2.45, 2.75) is 6.92 Å². The van der Waals surface area contributed by atoms with Gasteiger partial charge in [-0.1, -0.05) is 23.7 Å². The summed E-state index contributed by atoms with van der Waals surface area (Å²) in [7, 11) is 0. The van der Waals surface area contributed by atoms with Crippen LogP contribution in [0.3, 0.4) is 0 Å². The van der Waals surface area contributed by atoms with Gasteiger partial charge in [0.05, 0.1) is 22.0 Å². The molecule has 1 aliphatic rings. The van der Waals surface area contributed by atoms with E-state index in [1.165, 1.54) is 0 Å². The molecule has 0 saturated heterocycles. The molecule has 1 aliphatic heterocycles. The number of rotatable bonds is 2. The minimum absolute atomic E-state index is 0.149. The van der Waals surface area contributed by atoms with Crippen LogP contribution in [0.25, 0.3) is 0 Å². The molecule has 0 radical (unpaired) electrons. The second kappa shape index (κ2) is 5.18. The Labute approximate surface area is 126 Å². The number of hydrogen-bond donors (Lipinski definition) is 2. The average molecular weight is 305 g/mol. The van der Waals surface area contributed by atoms with Gasteiger partial charge in [0.15, 0.2) is 11.5 Å². The number of halogens is 1. The van der Waals surface area contributed by atoms with Crippen molar-refractivity contribution in [1.29, 1.82) is 0 Å². The molecule has 1 heterocycles. The van der Waals surface area contributed by atoms with Gasteiger partial charge in [0.25, 0.3) is 5.91 Å². The Morgan fingerprint density at radius 2 is 2.00 bits per heavy atom. The molecule has 5 nitrogen and oxygen atoms in total. The fourth-order valence-electron chi connectivity index (χ4n) is 2.08. The van der Waals surface area contributed by atoms with E-state index in [2.05, 4.69) is 5.32 Å². The third kappa shape index (κ3) is 2.48. The molecule has 0 unspecified atom stereocenters. The zero-order chi connectivity index (χ0) is 15.0. The van der Waals surface area contributed by atoms with Crippen LogP contribution in [0, 0.1) is 6.92 Å². The van der Waals surface area contributed by atoms with Gasteiger partial charge in [-0.15, -0.1) is 0 Å². The van der Waals surface area contributed by atoms with Crippen LogP contribution in [0.1, 0.15) is 15.9 Å². The summed E-state index contributed by atoms with van der Waals surface area (Å²) in [6, 6.07) is 8.54. The monoisotopic (exact) mass is 304 g/mol. The molecule has 2 aromatic rings. The molecule has 0 saturated carbocycles. The van der Waals surface area contributed by atoms with Gasteiger partial charge in [0.2, 0.25) is 6.79 Å². The molecule has 1 amide bonds. The molecule has 6 heteroatoms. The molecule has 3 rings (SSSR count). The summed E-state index contributed by atoms with van der Waals surface area (Å²) in [4.78, 5) is 12.3. The number of carbonyl (C=O) groups excluding carboxylic acids is 1. The van der Waals surface area contributed by atoms with Crippen molar-refractivity contribution >= 4 is 28.9 Å². The quantitative estimate of drug-likeness (QED) is 0.836. The van der Waals surface area contributed by atoms with Crippen molar-refractivity contribution in [2.24, 2.45) is 0 Å². The van der Waals surface area contributed by atoms with Crippen molar-refractivity contribution in [1.82, 2.24) is 0 Å². The van der Waals surface area contributed by atoms with Crippen LogP contribution in [0.4, 0.5) is 11.4 Å². The van der Waals surface area contributed by atoms with Crippen LogP contribution >= 0.6 is 11.6 Å². The summed E-state index contributed by atoms with van der Waals surface area (Å²) < 4.78 is 10.5. The number of carbonyl (C=O) groups is 1. The van der Waals surface area contributed by atoms with Gasteiger partial charge in [-0.2, -0.15) is 0 Å². The number of nitrogens with two attached hydrogens (primary N) is 1. The first-order valence-electron chi connectivity index (χ1n) is 6.32. The average Bonchev–Trinajstić information content (AvgIpc) is 2.89. The van der Waals surface area contributed by atoms with E-state index >= 15 is 0 Å². The van der Waals surface area contributed by atoms with Crippen LogP contribution in [0.5, 0.6) is 11.5 Å². The summed E-state index contributed by atoms with van der Waals surface area (Å²) in [5, 5.41) is 3.17. The Kier molecular flexibility index (Phi) is 3.35.